The maximum atomic E-state index is 12.6. The van der Waals surface area contributed by atoms with Crippen molar-refractivity contribution in [2.45, 2.75) is 27.4 Å². The van der Waals surface area contributed by atoms with E-state index in [0.717, 1.165) is 5.56 Å². The number of Topliss-reactive ketones (excluding diaryl/α,β-unsaturated/α-hetero) is 1. The number of rotatable bonds is 8. The minimum atomic E-state index is -1.07. The van der Waals surface area contributed by atoms with E-state index in [9.17, 15) is 14.4 Å². The minimum Gasteiger partial charge on any atom is -0.487 e. The van der Waals surface area contributed by atoms with Crippen LogP contribution in [0.2, 0.25) is 5.15 Å². The number of ether oxygens (including phenoxy) is 3. The van der Waals surface area contributed by atoms with Crippen LogP contribution in [0.25, 0.3) is 0 Å². The average Bonchev–Trinajstić information content (AvgIpc) is 2.66. The van der Waals surface area contributed by atoms with E-state index in [1.165, 1.54) is 6.92 Å². The van der Waals surface area contributed by atoms with Crippen LogP contribution in [0.4, 0.5) is 0 Å². The molecule has 0 radical (unpaired) electrons. The average molecular weight is 406 g/mol. The van der Waals surface area contributed by atoms with Gasteiger partial charge in [0.05, 0.1) is 24.5 Å². The van der Waals surface area contributed by atoms with Crippen molar-refractivity contribution in [2.24, 2.45) is 0 Å². The number of hydrogen-bond donors (Lipinski definition) is 0. The van der Waals surface area contributed by atoms with Crippen LogP contribution >= 0.6 is 11.6 Å². The zero-order valence-electron chi connectivity index (χ0n) is 15.8. The molecule has 0 atom stereocenters. The number of hydrogen-bond acceptors (Lipinski definition) is 7. The summed E-state index contributed by atoms with van der Waals surface area (Å²) in [4.78, 5) is 41.1. The summed E-state index contributed by atoms with van der Waals surface area (Å²) < 4.78 is 15.6. The Labute approximate surface area is 167 Å². The fourth-order valence-electron chi connectivity index (χ4n) is 2.46. The van der Waals surface area contributed by atoms with Crippen molar-refractivity contribution in [3.63, 3.8) is 0 Å². The molecule has 0 spiro atoms. The summed E-state index contributed by atoms with van der Waals surface area (Å²) in [7, 11) is 0. The van der Waals surface area contributed by atoms with E-state index in [0.29, 0.717) is 0 Å². The lowest BCUT2D eigenvalue weighted by Crippen LogP contribution is -2.22. The molecule has 1 aromatic carbocycles. The summed E-state index contributed by atoms with van der Waals surface area (Å²) in [5.41, 5.74) is 0.538. The summed E-state index contributed by atoms with van der Waals surface area (Å²) in [6, 6.07) is 9.11. The molecule has 0 fully saturated rings. The van der Waals surface area contributed by atoms with Crippen molar-refractivity contribution < 1.29 is 28.6 Å². The molecule has 1 aromatic heterocycles. The lowest BCUT2D eigenvalue weighted by atomic mass is 10.0. The number of aromatic nitrogens is 1. The largest absolute Gasteiger partial charge is 0.487 e. The van der Waals surface area contributed by atoms with E-state index in [-0.39, 0.29) is 47.5 Å². The molecule has 0 aliphatic carbocycles. The van der Waals surface area contributed by atoms with E-state index in [1.54, 1.807) is 13.8 Å². The quantitative estimate of drug-likeness (QED) is 0.287. The highest BCUT2D eigenvalue weighted by molar-refractivity contribution is 6.42. The molecule has 2 rings (SSSR count). The lowest BCUT2D eigenvalue weighted by molar-refractivity contribution is -0.137. The summed E-state index contributed by atoms with van der Waals surface area (Å²) in [6.45, 7) is 4.84. The second-order valence-electron chi connectivity index (χ2n) is 5.61. The third-order valence-corrected chi connectivity index (χ3v) is 3.96. The Kier molecular flexibility index (Phi) is 7.52. The fourth-order valence-corrected chi connectivity index (χ4v) is 2.75. The van der Waals surface area contributed by atoms with Crippen molar-refractivity contribution in [1.29, 1.82) is 0 Å². The SMILES string of the molecule is CCOC(=O)C(=O)c1c(C)nc(Cl)c(C(=O)OCC)c1OCc1ccccc1. The van der Waals surface area contributed by atoms with Crippen LogP contribution in [0.5, 0.6) is 5.75 Å². The molecule has 0 saturated heterocycles. The van der Waals surface area contributed by atoms with E-state index in [4.69, 9.17) is 25.8 Å². The van der Waals surface area contributed by atoms with Gasteiger partial charge in [-0.1, -0.05) is 41.9 Å². The van der Waals surface area contributed by atoms with Gasteiger partial charge < -0.3 is 14.2 Å². The Morgan fingerprint density at radius 1 is 1.00 bits per heavy atom. The van der Waals surface area contributed by atoms with Crippen LogP contribution in [0.1, 0.15) is 45.8 Å². The number of carbonyl (C=O) groups excluding carboxylic acids is 3. The van der Waals surface area contributed by atoms with E-state index >= 15 is 0 Å². The van der Waals surface area contributed by atoms with Crippen molar-refractivity contribution in [1.82, 2.24) is 4.98 Å². The molecule has 0 bridgehead atoms. The third kappa shape index (κ3) is 4.86. The first-order chi connectivity index (χ1) is 13.4. The van der Waals surface area contributed by atoms with Crippen LogP contribution in [0.15, 0.2) is 30.3 Å². The molecule has 2 aromatic rings. The van der Waals surface area contributed by atoms with Gasteiger partial charge in [0, 0.05) is 0 Å². The molecule has 1 heterocycles. The summed E-state index contributed by atoms with van der Waals surface area (Å²) in [5, 5.41) is -0.181. The van der Waals surface area contributed by atoms with E-state index in [1.807, 2.05) is 30.3 Å². The van der Waals surface area contributed by atoms with Crippen LogP contribution in [0, 0.1) is 6.92 Å². The zero-order chi connectivity index (χ0) is 20.7. The van der Waals surface area contributed by atoms with Gasteiger partial charge in [0.2, 0.25) is 0 Å². The summed E-state index contributed by atoms with van der Waals surface area (Å²) in [6.07, 6.45) is 0. The Morgan fingerprint density at radius 3 is 2.25 bits per heavy atom. The standard InChI is InChI=1S/C20H20ClNO6/c1-4-26-19(24)15-17(28-11-13-9-7-6-8-10-13)14(12(3)22-18(15)21)16(23)20(25)27-5-2/h6-10H,4-5,11H2,1-3H3. The Bertz CT molecular complexity index is 882. The number of esters is 2. The molecular formula is C20H20ClNO6. The third-order valence-electron chi connectivity index (χ3n) is 3.68. The topological polar surface area (TPSA) is 91.8 Å². The number of nitrogens with zero attached hydrogens (tertiary/aromatic N) is 1. The number of benzene rings is 1. The number of pyridine rings is 1. The second-order valence-corrected chi connectivity index (χ2v) is 5.97. The number of aryl methyl sites for hydroxylation is 1. The number of carbonyl (C=O) groups is 3. The second kappa shape index (κ2) is 9.85. The fraction of sp³-hybridized carbons (Fsp3) is 0.300. The molecular weight excluding hydrogens is 386 g/mol. The van der Waals surface area contributed by atoms with Gasteiger partial charge >= 0.3 is 11.9 Å². The van der Waals surface area contributed by atoms with Crippen LogP contribution in [0.3, 0.4) is 0 Å². The smallest absolute Gasteiger partial charge is 0.379 e. The first kappa shape index (κ1) is 21.4. The molecule has 0 aliphatic heterocycles. The molecule has 0 unspecified atom stereocenters. The van der Waals surface area contributed by atoms with Gasteiger partial charge in [-0.05, 0) is 26.3 Å². The monoisotopic (exact) mass is 405 g/mol. The number of halogens is 1. The molecule has 0 aliphatic rings. The zero-order valence-corrected chi connectivity index (χ0v) is 16.5. The van der Waals surface area contributed by atoms with E-state index in [2.05, 4.69) is 4.98 Å². The van der Waals surface area contributed by atoms with Crippen LogP contribution in [-0.2, 0) is 20.9 Å². The first-order valence-corrected chi connectivity index (χ1v) is 9.03. The molecule has 8 heteroatoms. The maximum absolute atomic E-state index is 12.6. The summed E-state index contributed by atoms with van der Waals surface area (Å²) >= 11 is 6.15. The molecule has 0 N–H and O–H groups in total. The van der Waals surface area contributed by atoms with Crippen molar-refractivity contribution >= 4 is 29.3 Å². The maximum Gasteiger partial charge on any atom is 0.379 e. The van der Waals surface area contributed by atoms with Crippen molar-refractivity contribution in [3.8, 4) is 5.75 Å². The normalized spacial score (nSPS) is 10.3. The molecule has 0 saturated carbocycles. The van der Waals surface area contributed by atoms with Gasteiger partial charge in [-0.15, -0.1) is 0 Å². The number of ketones is 1. The van der Waals surface area contributed by atoms with Gasteiger partial charge in [0.1, 0.15) is 17.3 Å². The van der Waals surface area contributed by atoms with Gasteiger partial charge in [-0.2, -0.15) is 0 Å². The van der Waals surface area contributed by atoms with Gasteiger partial charge in [-0.25, -0.2) is 14.6 Å². The Morgan fingerprint density at radius 2 is 1.64 bits per heavy atom. The van der Waals surface area contributed by atoms with Crippen molar-refractivity contribution in [3.05, 3.63) is 57.9 Å². The lowest BCUT2D eigenvalue weighted by Gasteiger charge is -2.17. The Hall–Kier alpha value is -2.93. The van der Waals surface area contributed by atoms with E-state index < -0.39 is 17.7 Å². The van der Waals surface area contributed by atoms with Crippen molar-refractivity contribution in [2.75, 3.05) is 13.2 Å². The molecule has 28 heavy (non-hydrogen) atoms. The Balaban J connectivity index is 2.58. The van der Waals surface area contributed by atoms with Crippen LogP contribution < -0.4 is 4.74 Å². The van der Waals surface area contributed by atoms with Gasteiger partial charge in [-0.3, -0.25) is 4.79 Å². The van der Waals surface area contributed by atoms with Gasteiger partial charge in [0.15, 0.2) is 5.75 Å². The highest BCUT2D eigenvalue weighted by Crippen LogP contribution is 2.33. The summed E-state index contributed by atoms with van der Waals surface area (Å²) in [5.74, 6) is -3.01. The highest BCUT2D eigenvalue weighted by Gasteiger charge is 2.32. The predicted octanol–water partition coefficient (Wildman–Crippen LogP) is 3.54. The molecule has 7 nitrogen and oxygen atoms in total. The molecule has 0 amide bonds. The first-order valence-electron chi connectivity index (χ1n) is 8.66. The predicted molar refractivity (Wildman–Crippen MR) is 102 cm³/mol. The highest BCUT2D eigenvalue weighted by atomic mass is 35.5. The van der Waals surface area contributed by atoms with Crippen LogP contribution in [-0.4, -0.2) is 35.9 Å². The van der Waals surface area contributed by atoms with Gasteiger partial charge in [0.25, 0.3) is 5.78 Å². The minimum absolute atomic E-state index is 0.0234. The molecule has 148 valence electrons.